The number of nitrogen functional groups attached to an aromatic ring is 1. The number of para-hydroxylation sites is 1. The van der Waals surface area contributed by atoms with Crippen molar-refractivity contribution in [2.75, 3.05) is 17.8 Å². The van der Waals surface area contributed by atoms with Crippen molar-refractivity contribution < 1.29 is 4.74 Å². The molecule has 0 saturated carbocycles. The van der Waals surface area contributed by atoms with Crippen LogP contribution >= 0.6 is 11.3 Å². The van der Waals surface area contributed by atoms with Gasteiger partial charge in [0.05, 0.1) is 12.8 Å². The van der Waals surface area contributed by atoms with Gasteiger partial charge >= 0.3 is 0 Å². The van der Waals surface area contributed by atoms with Gasteiger partial charge in [-0.1, -0.05) is 38.3 Å². The Balaban J connectivity index is 1.87. The number of rotatable bonds is 9. The largest absolute Gasteiger partial charge is 0.493 e. The van der Waals surface area contributed by atoms with E-state index in [1.807, 2.05) is 24.3 Å². The van der Waals surface area contributed by atoms with Crippen molar-refractivity contribution in [1.29, 1.82) is 0 Å². The van der Waals surface area contributed by atoms with Crippen LogP contribution in [0.15, 0.2) is 34.7 Å². The lowest BCUT2D eigenvalue weighted by Gasteiger charge is -2.08. The molecule has 0 spiro atoms. The summed E-state index contributed by atoms with van der Waals surface area (Å²) in [5.41, 5.74) is 9.37. The average Bonchev–Trinajstić information content (AvgIpc) is 2.94. The standard InChI is InChI=1S/C16H22N4OS/c1-2-3-4-7-10-21-14-9-6-5-8-13(14)11-18-20-16-19-15(17)12-22-16/h5-6,8-9,11-12H,2-4,7,10,17H2,1H3,(H,19,20). The zero-order chi connectivity index (χ0) is 15.6. The first-order valence-corrected chi connectivity index (χ1v) is 8.39. The number of nitrogens with two attached hydrogens (primary N) is 1. The topological polar surface area (TPSA) is 72.5 Å². The Kier molecular flexibility index (Phi) is 6.70. The first kappa shape index (κ1) is 16.3. The maximum absolute atomic E-state index is 5.84. The fraction of sp³-hybridized carbons (Fsp3) is 0.375. The Morgan fingerprint density at radius 3 is 2.95 bits per heavy atom. The second kappa shape index (κ2) is 9.04. The van der Waals surface area contributed by atoms with E-state index in [0.717, 1.165) is 24.3 Å². The minimum Gasteiger partial charge on any atom is -0.493 e. The summed E-state index contributed by atoms with van der Waals surface area (Å²) in [7, 11) is 0. The number of nitrogens with one attached hydrogen (secondary N) is 1. The lowest BCUT2D eigenvalue weighted by atomic mass is 10.2. The molecule has 0 radical (unpaired) electrons. The second-order valence-corrected chi connectivity index (χ2v) is 5.75. The van der Waals surface area contributed by atoms with E-state index in [0.29, 0.717) is 10.9 Å². The summed E-state index contributed by atoms with van der Waals surface area (Å²) in [5, 5.41) is 6.62. The number of hydrogen-bond acceptors (Lipinski definition) is 6. The van der Waals surface area contributed by atoms with Crippen molar-refractivity contribution in [3.8, 4) is 5.75 Å². The molecule has 0 amide bonds. The molecule has 0 saturated heterocycles. The number of hydrogen-bond donors (Lipinski definition) is 2. The summed E-state index contributed by atoms with van der Waals surface area (Å²) in [5.74, 6) is 1.35. The highest BCUT2D eigenvalue weighted by Crippen LogP contribution is 2.18. The van der Waals surface area contributed by atoms with Gasteiger partial charge in [0.2, 0.25) is 5.13 Å². The van der Waals surface area contributed by atoms with Gasteiger partial charge in [0.15, 0.2) is 0 Å². The maximum atomic E-state index is 5.84. The van der Waals surface area contributed by atoms with Gasteiger partial charge in [0.1, 0.15) is 11.6 Å². The van der Waals surface area contributed by atoms with E-state index < -0.39 is 0 Å². The summed E-state index contributed by atoms with van der Waals surface area (Å²) in [4.78, 5) is 4.08. The molecule has 1 aromatic heterocycles. The van der Waals surface area contributed by atoms with Gasteiger partial charge in [-0.05, 0) is 18.6 Å². The predicted molar refractivity (Wildman–Crippen MR) is 93.8 cm³/mol. The van der Waals surface area contributed by atoms with Gasteiger partial charge in [-0.25, -0.2) is 4.98 Å². The average molecular weight is 318 g/mol. The molecule has 0 unspecified atom stereocenters. The van der Waals surface area contributed by atoms with Crippen LogP contribution in [0.25, 0.3) is 0 Å². The molecule has 0 aliphatic heterocycles. The third-order valence-electron chi connectivity index (χ3n) is 3.06. The van der Waals surface area contributed by atoms with E-state index in [4.69, 9.17) is 10.5 Å². The number of anilines is 2. The Hall–Kier alpha value is -2.08. The Bertz CT molecular complexity index is 597. The first-order valence-electron chi connectivity index (χ1n) is 7.51. The molecular formula is C16H22N4OS. The van der Waals surface area contributed by atoms with E-state index in [1.165, 1.54) is 30.6 Å². The highest BCUT2D eigenvalue weighted by atomic mass is 32.1. The molecule has 0 bridgehead atoms. The van der Waals surface area contributed by atoms with E-state index in [2.05, 4.69) is 22.4 Å². The fourth-order valence-electron chi connectivity index (χ4n) is 1.92. The number of nitrogens with zero attached hydrogens (tertiary/aromatic N) is 2. The summed E-state index contributed by atoms with van der Waals surface area (Å²) in [6, 6.07) is 7.87. The van der Waals surface area contributed by atoms with Crippen LogP contribution in [-0.2, 0) is 0 Å². The number of benzene rings is 1. The molecule has 2 aromatic rings. The third kappa shape index (κ3) is 5.37. The van der Waals surface area contributed by atoms with Gasteiger partial charge in [-0.3, -0.25) is 5.43 Å². The second-order valence-electron chi connectivity index (χ2n) is 4.89. The number of unbranched alkanes of at least 4 members (excludes halogenated alkanes) is 3. The summed E-state index contributed by atoms with van der Waals surface area (Å²) < 4.78 is 5.84. The molecular weight excluding hydrogens is 296 g/mol. The monoisotopic (exact) mass is 318 g/mol. The molecule has 2 rings (SSSR count). The number of aromatic nitrogens is 1. The quantitative estimate of drug-likeness (QED) is 0.414. The summed E-state index contributed by atoms with van der Waals surface area (Å²) >= 11 is 1.42. The first-order chi connectivity index (χ1) is 10.8. The highest BCUT2D eigenvalue weighted by Gasteiger charge is 2.01. The van der Waals surface area contributed by atoms with Crippen LogP contribution in [0.3, 0.4) is 0 Å². The highest BCUT2D eigenvalue weighted by molar-refractivity contribution is 7.14. The van der Waals surface area contributed by atoms with E-state index >= 15 is 0 Å². The molecule has 6 heteroatoms. The summed E-state index contributed by atoms with van der Waals surface area (Å²) in [6.45, 7) is 2.94. The van der Waals surface area contributed by atoms with Crippen LogP contribution in [0.4, 0.5) is 10.9 Å². The molecule has 3 N–H and O–H groups in total. The number of ether oxygens (including phenoxy) is 1. The van der Waals surface area contributed by atoms with Crippen molar-refractivity contribution in [3.63, 3.8) is 0 Å². The third-order valence-corrected chi connectivity index (χ3v) is 3.83. The van der Waals surface area contributed by atoms with Gasteiger partial charge < -0.3 is 10.5 Å². The molecule has 0 fully saturated rings. The van der Waals surface area contributed by atoms with Crippen LogP contribution < -0.4 is 15.9 Å². The maximum Gasteiger partial charge on any atom is 0.205 e. The Morgan fingerprint density at radius 1 is 1.32 bits per heavy atom. The van der Waals surface area contributed by atoms with Crippen molar-refractivity contribution in [2.45, 2.75) is 32.6 Å². The van der Waals surface area contributed by atoms with Crippen molar-refractivity contribution in [1.82, 2.24) is 4.98 Å². The Labute approximate surface area is 135 Å². The molecule has 118 valence electrons. The summed E-state index contributed by atoms with van der Waals surface area (Å²) in [6.07, 6.45) is 6.51. The van der Waals surface area contributed by atoms with Crippen LogP contribution in [-0.4, -0.2) is 17.8 Å². The van der Waals surface area contributed by atoms with Crippen LogP contribution in [0.1, 0.15) is 38.2 Å². The van der Waals surface area contributed by atoms with Crippen LogP contribution in [0, 0.1) is 0 Å². The van der Waals surface area contributed by atoms with E-state index in [1.54, 1.807) is 11.6 Å². The van der Waals surface area contributed by atoms with Crippen molar-refractivity contribution in [3.05, 3.63) is 35.2 Å². The predicted octanol–water partition coefficient (Wildman–Crippen LogP) is 4.13. The molecule has 0 aliphatic rings. The lowest BCUT2D eigenvalue weighted by Crippen LogP contribution is -2.00. The van der Waals surface area contributed by atoms with Gasteiger partial charge in [-0.15, -0.1) is 11.3 Å². The molecule has 1 aromatic carbocycles. The molecule has 1 heterocycles. The van der Waals surface area contributed by atoms with Gasteiger partial charge in [0, 0.05) is 10.9 Å². The zero-order valence-electron chi connectivity index (χ0n) is 12.8. The smallest absolute Gasteiger partial charge is 0.205 e. The van der Waals surface area contributed by atoms with Crippen LogP contribution in [0.2, 0.25) is 0 Å². The van der Waals surface area contributed by atoms with Gasteiger partial charge in [-0.2, -0.15) is 5.10 Å². The van der Waals surface area contributed by atoms with Crippen molar-refractivity contribution in [2.24, 2.45) is 5.10 Å². The van der Waals surface area contributed by atoms with Crippen molar-refractivity contribution >= 4 is 28.5 Å². The normalized spacial score (nSPS) is 11.0. The number of hydrazone groups is 1. The van der Waals surface area contributed by atoms with Crippen LogP contribution in [0.5, 0.6) is 5.75 Å². The minimum atomic E-state index is 0.499. The number of thiazole rings is 1. The SMILES string of the molecule is CCCCCCOc1ccccc1C=NNc1nc(N)cs1. The molecule has 0 aliphatic carbocycles. The molecule has 5 nitrogen and oxygen atoms in total. The lowest BCUT2D eigenvalue weighted by molar-refractivity contribution is 0.304. The fourth-order valence-corrected chi connectivity index (χ4v) is 2.47. The zero-order valence-corrected chi connectivity index (χ0v) is 13.6. The molecule has 22 heavy (non-hydrogen) atoms. The van der Waals surface area contributed by atoms with E-state index in [9.17, 15) is 0 Å². The van der Waals surface area contributed by atoms with E-state index in [-0.39, 0.29) is 0 Å². The van der Waals surface area contributed by atoms with Gasteiger partial charge in [0.25, 0.3) is 0 Å². The molecule has 0 atom stereocenters. The Morgan fingerprint density at radius 2 is 2.18 bits per heavy atom. The minimum absolute atomic E-state index is 0.499.